The summed E-state index contributed by atoms with van der Waals surface area (Å²) in [6.07, 6.45) is -1.68. The molecular weight excluding hydrogens is 238 g/mol. The molecule has 1 unspecified atom stereocenters. The molecule has 1 atom stereocenters. The number of halogens is 2. The zero-order chi connectivity index (χ0) is 13.7. The molecule has 0 aliphatic heterocycles. The number of esters is 1. The molecule has 0 saturated heterocycles. The van der Waals surface area contributed by atoms with Crippen LogP contribution in [0.5, 0.6) is 0 Å². The minimum absolute atomic E-state index is 0.172. The molecular formula is C14H16F2O2. The van der Waals surface area contributed by atoms with Crippen LogP contribution in [0.1, 0.15) is 25.6 Å². The first-order chi connectivity index (χ1) is 8.41. The first-order valence-electron chi connectivity index (χ1n) is 5.67. The number of rotatable bonds is 5. The zero-order valence-electron chi connectivity index (χ0n) is 10.5. The third-order valence-corrected chi connectivity index (χ3v) is 2.28. The SMILES string of the molecule is C=C(C(=O)OCC(C)C)C(F)c1ccc(F)cc1. The van der Waals surface area contributed by atoms with Crippen LogP contribution >= 0.6 is 0 Å². The Morgan fingerprint density at radius 3 is 2.39 bits per heavy atom. The second kappa shape index (κ2) is 6.28. The molecule has 0 heterocycles. The van der Waals surface area contributed by atoms with Crippen LogP contribution in [0, 0.1) is 11.7 Å². The molecule has 4 heteroatoms. The van der Waals surface area contributed by atoms with Gasteiger partial charge in [0.1, 0.15) is 5.82 Å². The third kappa shape index (κ3) is 3.95. The van der Waals surface area contributed by atoms with Gasteiger partial charge in [-0.1, -0.05) is 32.6 Å². The Morgan fingerprint density at radius 1 is 1.33 bits per heavy atom. The van der Waals surface area contributed by atoms with Crippen molar-refractivity contribution in [1.82, 2.24) is 0 Å². The molecule has 1 rings (SSSR count). The van der Waals surface area contributed by atoms with Gasteiger partial charge in [0.05, 0.1) is 12.2 Å². The normalized spacial score (nSPS) is 12.3. The van der Waals surface area contributed by atoms with E-state index in [1.165, 1.54) is 12.1 Å². The van der Waals surface area contributed by atoms with Crippen molar-refractivity contribution in [1.29, 1.82) is 0 Å². The van der Waals surface area contributed by atoms with E-state index in [0.717, 1.165) is 12.1 Å². The number of alkyl halides is 1. The van der Waals surface area contributed by atoms with E-state index in [-0.39, 0.29) is 23.7 Å². The van der Waals surface area contributed by atoms with Crippen molar-refractivity contribution >= 4 is 5.97 Å². The van der Waals surface area contributed by atoms with Crippen molar-refractivity contribution in [3.8, 4) is 0 Å². The fourth-order valence-electron chi connectivity index (χ4n) is 1.27. The Kier molecular flexibility index (Phi) is 5.01. The highest BCUT2D eigenvalue weighted by Gasteiger charge is 2.21. The van der Waals surface area contributed by atoms with E-state index in [2.05, 4.69) is 6.58 Å². The van der Waals surface area contributed by atoms with Crippen LogP contribution in [0.25, 0.3) is 0 Å². The molecule has 0 spiro atoms. The summed E-state index contributed by atoms with van der Waals surface area (Å²) < 4.78 is 31.5. The van der Waals surface area contributed by atoms with Crippen LogP contribution in [-0.2, 0) is 9.53 Å². The fraction of sp³-hybridized carbons (Fsp3) is 0.357. The highest BCUT2D eigenvalue weighted by atomic mass is 19.1. The molecule has 1 aromatic rings. The van der Waals surface area contributed by atoms with Crippen LogP contribution < -0.4 is 0 Å². The van der Waals surface area contributed by atoms with Gasteiger partial charge >= 0.3 is 5.97 Å². The molecule has 18 heavy (non-hydrogen) atoms. The second-order valence-corrected chi connectivity index (χ2v) is 4.43. The lowest BCUT2D eigenvalue weighted by atomic mass is 10.0. The van der Waals surface area contributed by atoms with Gasteiger partial charge in [0.2, 0.25) is 0 Å². The van der Waals surface area contributed by atoms with Gasteiger partial charge < -0.3 is 4.74 Å². The molecule has 0 amide bonds. The third-order valence-electron chi connectivity index (χ3n) is 2.28. The summed E-state index contributed by atoms with van der Waals surface area (Å²) in [5.41, 5.74) is -0.0924. The predicted octanol–water partition coefficient (Wildman–Crippen LogP) is 3.59. The summed E-state index contributed by atoms with van der Waals surface area (Å²) in [6.45, 7) is 7.36. The summed E-state index contributed by atoms with van der Waals surface area (Å²) in [7, 11) is 0. The molecule has 0 bridgehead atoms. The molecule has 0 aromatic heterocycles. The molecule has 0 N–H and O–H groups in total. The van der Waals surface area contributed by atoms with E-state index in [4.69, 9.17) is 4.74 Å². The number of hydrogen-bond donors (Lipinski definition) is 0. The van der Waals surface area contributed by atoms with E-state index in [1.807, 2.05) is 13.8 Å². The average Bonchev–Trinajstić information content (AvgIpc) is 2.35. The molecule has 0 aliphatic rings. The van der Waals surface area contributed by atoms with Gasteiger partial charge in [0, 0.05) is 0 Å². The number of carbonyl (C=O) groups excluding carboxylic acids is 1. The van der Waals surface area contributed by atoms with Crippen molar-refractivity contribution in [3.05, 3.63) is 47.8 Å². The molecule has 1 aromatic carbocycles. The summed E-state index contributed by atoms with van der Waals surface area (Å²) in [4.78, 5) is 11.5. The lowest BCUT2D eigenvalue weighted by Gasteiger charge is -2.12. The Balaban J connectivity index is 2.66. The van der Waals surface area contributed by atoms with Crippen molar-refractivity contribution in [2.24, 2.45) is 5.92 Å². The maximum atomic E-state index is 13.9. The molecule has 98 valence electrons. The Hall–Kier alpha value is -1.71. The Morgan fingerprint density at radius 2 is 1.89 bits per heavy atom. The topological polar surface area (TPSA) is 26.3 Å². The van der Waals surface area contributed by atoms with Crippen LogP contribution in [0.3, 0.4) is 0 Å². The van der Waals surface area contributed by atoms with E-state index >= 15 is 0 Å². The molecule has 2 nitrogen and oxygen atoms in total. The summed E-state index contributed by atoms with van der Waals surface area (Å²) in [6, 6.07) is 4.82. The van der Waals surface area contributed by atoms with Gasteiger partial charge in [-0.15, -0.1) is 0 Å². The number of hydrogen-bond acceptors (Lipinski definition) is 2. The smallest absolute Gasteiger partial charge is 0.336 e. The molecule has 0 aliphatic carbocycles. The summed E-state index contributed by atoms with van der Waals surface area (Å²) in [5.74, 6) is -1.05. The summed E-state index contributed by atoms with van der Waals surface area (Å²) >= 11 is 0. The van der Waals surface area contributed by atoms with E-state index < -0.39 is 18.0 Å². The number of ether oxygens (including phenoxy) is 1. The number of benzene rings is 1. The first-order valence-corrected chi connectivity index (χ1v) is 5.67. The van der Waals surface area contributed by atoms with Gasteiger partial charge in [0.15, 0.2) is 6.17 Å². The second-order valence-electron chi connectivity index (χ2n) is 4.43. The minimum Gasteiger partial charge on any atom is -0.462 e. The van der Waals surface area contributed by atoms with E-state index in [9.17, 15) is 13.6 Å². The van der Waals surface area contributed by atoms with E-state index in [0.29, 0.717) is 0 Å². The number of carbonyl (C=O) groups is 1. The first kappa shape index (κ1) is 14.4. The van der Waals surface area contributed by atoms with Gasteiger partial charge in [0.25, 0.3) is 0 Å². The van der Waals surface area contributed by atoms with Crippen LogP contribution in [0.2, 0.25) is 0 Å². The standard InChI is InChI=1S/C14H16F2O2/c1-9(2)8-18-14(17)10(3)13(16)11-4-6-12(15)7-5-11/h4-7,9,13H,3,8H2,1-2H3. The minimum atomic E-state index is -1.68. The lowest BCUT2D eigenvalue weighted by Crippen LogP contribution is -2.14. The summed E-state index contributed by atoms with van der Waals surface area (Å²) in [5, 5.41) is 0. The Labute approximate surface area is 105 Å². The molecule has 0 saturated carbocycles. The molecule has 0 fully saturated rings. The average molecular weight is 254 g/mol. The predicted molar refractivity (Wildman–Crippen MR) is 65.2 cm³/mol. The van der Waals surface area contributed by atoms with Gasteiger partial charge in [-0.3, -0.25) is 0 Å². The highest BCUT2D eigenvalue weighted by molar-refractivity contribution is 5.89. The lowest BCUT2D eigenvalue weighted by molar-refractivity contribution is -0.140. The van der Waals surface area contributed by atoms with Crippen LogP contribution in [-0.4, -0.2) is 12.6 Å². The fourth-order valence-corrected chi connectivity index (χ4v) is 1.27. The monoisotopic (exact) mass is 254 g/mol. The van der Waals surface area contributed by atoms with Crippen molar-refractivity contribution < 1.29 is 18.3 Å². The maximum Gasteiger partial charge on any atom is 0.336 e. The van der Waals surface area contributed by atoms with Crippen LogP contribution in [0.4, 0.5) is 8.78 Å². The van der Waals surface area contributed by atoms with Crippen LogP contribution in [0.15, 0.2) is 36.4 Å². The largest absolute Gasteiger partial charge is 0.462 e. The zero-order valence-corrected chi connectivity index (χ0v) is 10.5. The quantitative estimate of drug-likeness (QED) is 0.593. The highest BCUT2D eigenvalue weighted by Crippen LogP contribution is 2.25. The van der Waals surface area contributed by atoms with Crippen molar-refractivity contribution in [2.75, 3.05) is 6.61 Å². The maximum absolute atomic E-state index is 13.9. The van der Waals surface area contributed by atoms with Gasteiger partial charge in [-0.2, -0.15) is 0 Å². The molecule has 0 radical (unpaired) electrons. The van der Waals surface area contributed by atoms with E-state index in [1.54, 1.807) is 0 Å². The Bertz CT molecular complexity index is 424. The van der Waals surface area contributed by atoms with Crippen molar-refractivity contribution in [3.63, 3.8) is 0 Å². The van der Waals surface area contributed by atoms with Gasteiger partial charge in [-0.25, -0.2) is 13.6 Å². The van der Waals surface area contributed by atoms with Gasteiger partial charge in [-0.05, 0) is 23.6 Å². The van der Waals surface area contributed by atoms with Crippen molar-refractivity contribution in [2.45, 2.75) is 20.0 Å².